The first-order valence-corrected chi connectivity index (χ1v) is 8.06. The number of nitrogens with one attached hydrogen (secondary N) is 1. The van der Waals surface area contributed by atoms with Crippen molar-refractivity contribution in [2.45, 2.75) is 50.8 Å². The SMILES string of the molecule is CCC(=O)NC1CN(CCCc2ccccc2)[C@@H](C(F)F)[C@@H]1O. The third-order valence-corrected chi connectivity index (χ3v) is 4.29. The molecule has 0 radical (unpaired) electrons. The van der Waals surface area contributed by atoms with Gasteiger partial charge in [0.2, 0.25) is 5.91 Å². The predicted octanol–water partition coefficient (Wildman–Crippen LogP) is 1.82. The number of benzene rings is 1. The minimum Gasteiger partial charge on any atom is -0.389 e. The lowest BCUT2D eigenvalue weighted by atomic mass is 10.1. The molecular weight excluding hydrogens is 302 g/mol. The van der Waals surface area contributed by atoms with Gasteiger partial charge in [0.15, 0.2) is 0 Å². The number of carbonyl (C=O) groups excluding carboxylic acids is 1. The second-order valence-corrected chi connectivity index (χ2v) is 5.93. The molecule has 1 amide bonds. The van der Waals surface area contributed by atoms with Crippen LogP contribution in [0, 0.1) is 0 Å². The van der Waals surface area contributed by atoms with E-state index in [-0.39, 0.29) is 18.9 Å². The number of halogens is 2. The lowest BCUT2D eigenvalue weighted by Crippen LogP contribution is -2.46. The normalized spacial score (nSPS) is 25.0. The van der Waals surface area contributed by atoms with Crippen LogP contribution >= 0.6 is 0 Å². The monoisotopic (exact) mass is 326 g/mol. The summed E-state index contributed by atoms with van der Waals surface area (Å²) in [6, 6.07) is 8.02. The smallest absolute Gasteiger partial charge is 0.256 e. The molecule has 0 aromatic heterocycles. The van der Waals surface area contributed by atoms with E-state index in [1.165, 1.54) is 0 Å². The van der Waals surface area contributed by atoms with Crippen LogP contribution in [0.1, 0.15) is 25.3 Å². The molecule has 128 valence electrons. The van der Waals surface area contributed by atoms with E-state index in [4.69, 9.17) is 0 Å². The van der Waals surface area contributed by atoms with Crippen molar-refractivity contribution in [1.29, 1.82) is 0 Å². The highest BCUT2D eigenvalue weighted by Crippen LogP contribution is 2.24. The number of aliphatic hydroxyl groups is 1. The summed E-state index contributed by atoms with van der Waals surface area (Å²) in [6.07, 6.45) is -2.06. The minimum absolute atomic E-state index is 0.229. The number of likely N-dealkylation sites (tertiary alicyclic amines) is 1. The van der Waals surface area contributed by atoms with E-state index in [2.05, 4.69) is 5.32 Å². The Morgan fingerprint density at radius 1 is 1.39 bits per heavy atom. The van der Waals surface area contributed by atoms with E-state index in [0.717, 1.165) is 18.4 Å². The van der Waals surface area contributed by atoms with Gasteiger partial charge < -0.3 is 10.4 Å². The molecule has 3 atom stereocenters. The largest absolute Gasteiger partial charge is 0.389 e. The van der Waals surface area contributed by atoms with Crippen molar-refractivity contribution in [2.24, 2.45) is 0 Å². The maximum Gasteiger partial charge on any atom is 0.256 e. The molecule has 0 spiro atoms. The van der Waals surface area contributed by atoms with Gasteiger partial charge in [-0.15, -0.1) is 0 Å². The first-order chi connectivity index (χ1) is 11.0. The molecule has 1 unspecified atom stereocenters. The van der Waals surface area contributed by atoms with Crippen LogP contribution in [-0.4, -0.2) is 53.6 Å². The molecule has 6 heteroatoms. The first kappa shape index (κ1) is 17.8. The number of nitrogens with zero attached hydrogens (tertiary/aromatic N) is 1. The van der Waals surface area contributed by atoms with Crippen LogP contribution in [0.2, 0.25) is 0 Å². The fourth-order valence-corrected chi connectivity index (χ4v) is 3.06. The number of aliphatic hydroxyl groups excluding tert-OH is 1. The Hall–Kier alpha value is -1.53. The highest BCUT2D eigenvalue weighted by Gasteiger charge is 2.45. The summed E-state index contributed by atoms with van der Waals surface area (Å²) in [5, 5.41) is 12.8. The Balaban J connectivity index is 1.91. The summed E-state index contributed by atoms with van der Waals surface area (Å²) in [5.41, 5.74) is 1.16. The van der Waals surface area contributed by atoms with Crippen molar-refractivity contribution in [1.82, 2.24) is 10.2 Å². The summed E-state index contributed by atoms with van der Waals surface area (Å²) in [6.45, 7) is 2.43. The molecule has 1 aromatic carbocycles. The molecule has 0 saturated carbocycles. The Bertz CT molecular complexity index is 499. The second kappa shape index (κ2) is 8.36. The number of aryl methyl sites for hydroxylation is 1. The molecule has 1 aliphatic heterocycles. The van der Waals surface area contributed by atoms with Gasteiger partial charge in [-0.1, -0.05) is 37.3 Å². The number of alkyl halides is 2. The van der Waals surface area contributed by atoms with Crippen LogP contribution in [0.25, 0.3) is 0 Å². The lowest BCUT2D eigenvalue weighted by molar-refractivity contribution is -0.122. The maximum atomic E-state index is 13.3. The minimum atomic E-state index is -2.63. The third kappa shape index (κ3) is 4.72. The fraction of sp³-hybridized carbons (Fsp3) is 0.588. The zero-order valence-electron chi connectivity index (χ0n) is 13.3. The highest BCUT2D eigenvalue weighted by atomic mass is 19.3. The third-order valence-electron chi connectivity index (χ3n) is 4.29. The van der Waals surface area contributed by atoms with Gasteiger partial charge in [-0.25, -0.2) is 8.78 Å². The van der Waals surface area contributed by atoms with E-state index in [1.807, 2.05) is 30.3 Å². The number of amides is 1. The fourth-order valence-electron chi connectivity index (χ4n) is 3.06. The zero-order chi connectivity index (χ0) is 16.8. The van der Waals surface area contributed by atoms with Crippen LogP contribution < -0.4 is 5.32 Å². The van der Waals surface area contributed by atoms with Crippen molar-refractivity contribution in [3.05, 3.63) is 35.9 Å². The molecule has 1 fully saturated rings. The summed E-state index contributed by atoms with van der Waals surface area (Å²) in [4.78, 5) is 13.1. The Morgan fingerprint density at radius 2 is 2.09 bits per heavy atom. The topological polar surface area (TPSA) is 52.6 Å². The van der Waals surface area contributed by atoms with Crippen LogP contribution in [0.5, 0.6) is 0 Å². The van der Waals surface area contributed by atoms with E-state index in [1.54, 1.807) is 11.8 Å². The Kier molecular flexibility index (Phi) is 6.47. The molecule has 2 rings (SSSR count). The highest BCUT2D eigenvalue weighted by molar-refractivity contribution is 5.76. The summed E-state index contributed by atoms with van der Waals surface area (Å²) < 4.78 is 26.5. The molecule has 23 heavy (non-hydrogen) atoms. The van der Waals surface area contributed by atoms with Crippen molar-refractivity contribution >= 4 is 5.91 Å². The maximum absolute atomic E-state index is 13.3. The van der Waals surface area contributed by atoms with Crippen molar-refractivity contribution in [3.8, 4) is 0 Å². The number of rotatable bonds is 7. The van der Waals surface area contributed by atoms with Crippen molar-refractivity contribution < 1.29 is 18.7 Å². The van der Waals surface area contributed by atoms with Gasteiger partial charge >= 0.3 is 0 Å². The predicted molar refractivity (Wildman–Crippen MR) is 84.4 cm³/mol. The van der Waals surface area contributed by atoms with Gasteiger partial charge in [0.1, 0.15) is 0 Å². The van der Waals surface area contributed by atoms with Gasteiger partial charge in [0.25, 0.3) is 6.43 Å². The average Bonchev–Trinajstić information content (AvgIpc) is 2.84. The standard InChI is InChI=1S/C17H24F2N2O2/c1-2-14(22)20-13-11-21(15(16(13)23)17(18)19)10-6-9-12-7-4-3-5-8-12/h3-5,7-8,13,15-17,23H,2,6,9-11H2,1H3,(H,20,22)/t13?,15-,16-/m1/s1. The van der Waals surface area contributed by atoms with E-state index < -0.39 is 24.6 Å². The molecule has 0 aliphatic carbocycles. The van der Waals surface area contributed by atoms with Crippen molar-refractivity contribution in [2.75, 3.05) is 13.1 Å². The summed E-state index contributed by atoms with van der Waals surface area (Å²) in [5.74, 6) is -0.229. The van der Waals surface area contributed by atoms with E-state index in [0.29, 0.717) is 6.54 Å². The van der Waals surface area contributed by atoms with Gasteiger partial charge in [-0.05, 0) is 24.9 Å². The van der Waals surface area contributed by atoms with Gasteiger partial charge in [-0.3, -0.25) is 9.69 Å². The van der Waals surface area contributed by atoms with Crippen LogP contribution in [-0.2, 0) is 11.2 Å². The average molecular weight is 326 g/mol. The first-order valence-electron chi connectivity index (χ1n) is 8.06. The summed E-state index contributed by atoms with van der Waals surface area (Å²) in [7, 11) is 0. The van der Waals surface area contributed by atoms with E-state index in [9.17, 15) is 18.7 Å². The Labute approximate surface area is 135 Å². The zero-order valence-corrected chi connectivity index (χ0v) is 13.3. The van der Waals surface area contributed by atoms with Crippen molar-refractivity contribution in [3.63, 3.8) is 0 Å². The van der Waals surface area contributed by atoms with Crippen LogP contribution in [0.4, 0.5) is 8.78 Å². The van der Waals surface area contributed by atoms with Gasteiger partial charge in [-0.2, -0.15) is 0 Å². The lowest BCUT2D eigenvalue weighted by Gasteiger charge is -2.24. The summed E-state index contributed by atoms with van der Waals surface area (Å²) >= 11 is 0. The number of hydrogen-bond donors (Lipinski definition) is 2. The second-order valence-electron chi connectivity index (χ2n) is 5.93. The van der Waals surface area contributed by atoms with Gasteiger partial charge in [0.05, 0.1) is 18.2 Å². The van der Waals surface area contributed by atoms with Crippen LogP contribution in [0.15, 0.2) is 30.3 Å². The van der Waals surface area contributed by atoms with E-state index >= 15 is 0 Å². The van der Waals surface area contributed by atoms with Crippen LogP contribution in [0.3, 0.4) is 0 Å². The molecule has 1 aromatic rings. The molecular formula is C17H24F2N2O2. The molecule has 2 N–H and O–H groups in total. The molecule has 4 nitrogen and oxygen atoms in total. The number of carbonyl (C=O) groups is 1. The molecule has 1 heterocycles. The Morgan fingerprint density at radius 3 is 2.70 bits per heavy atom. The molecule has 0 bridgehead atoms. The number of hydrogen-bond acceptors (Lipinski definition) is 3. The molecule has 1 saturated heterocycles. The molecule has 1 aliphatic rings. The van der Waals surface area contributed by atoms with Gasteiger partial charge in [0, 0.05) is 13.0 Å². The quantitative estimate of drug-likeness (QED) is 0.804.